The quantitative estimate of drug-likeness (QED) is 0.827. The van der Waals surface area contributed by atoms with Gasteiger partial charge >= 0.3 is 0 Å². The van der Waals surface area contributed by atoms with Crippen LogP contribution in [0.15, 0.2) is 0 Å². The number of rotatable bonds is 2. The molecule has 0 aromatic heterocycles. The largest absolute Gasteiger partial charge is 0.381 e. The third-order valence-electron chi connectivity index (χ3n) is 3.65. The van der Waals surface area contributed by atoms with E-state index in [-0.39, 0.29) is 24.8 Å². The molecule has 2 fully saturated rings. The summed E-state index contributed by atoms with van der Waals surface area (Å²) in [4.78, 5) is 2.60. The molecule has 0 radical (unpaired) electrons. The summed E-state index contributed by atoms with van der Waals surface area (Å²) >= 11 is 0. The first-order valence-electron chi connectivity index (χ1n) is 5.88. The van der Waals surface area contributed by atoms with Crippen molar-refractivity contribution in [1.29, 1.82) is 0 Å². The van der Waals surface area contributed by atoms with Gasteiger partial charge in [-0.25, -0.2) is 0 Å². The van der Waals surface area contributed by atoms with Crippen LogP contribution in [0.3, 0.4) is 0 Å². The first-order valence-corrected chi connectivity index (χ1v) is 5.88. The van der Waals surface area contributed by atoms with E-state index in [9.17, 15) is 0 Å². The average Bonchev–Trinajstić information content (AvgIpc) is 2.30. The van der Waals surface area contributed by atoms with Crippen LogP contribution in [-0.2, 0) is 4.74 Å². The fourth-order valence-electron chi connectivity index (χ4n) is 2.60. The number of hydrogen-bond acceptors (Lipinski definition) is 3. The molecule has 0 aromatic rings. The number of ether oxygens (including phenoxy) is 1. The lowest BCUT2D eigenvalue weighted by molar-refractivity contribution is 0.0233. The molecule has 2 saturated heterocycles. The number of nitrogens with one attached hydrogen (secondary N) is 1. The maximum absolute atomic E-state index is 5.40. The number of hydrogen-bond donors (Lipinski definition) is 1. The van der Waals surface area contributed by atoms with Gasteiger partial charge in [0, 0.05) is 25.3 Å². The van der Waals surface area contributed by atoms with E-state index >= 15 is 0 Å². The Hall–Kier alpha value is 0.460. The lowest BCUT2D eigenvalue weighted by Gasteiger charge is -2.39. The van der Waals surface area contributed by atoms with Gasteiger partial charge in [0.1, 0.15) is 0 Å². The molecular formula is C11H24Cl2N2O. The van der Waals surface area contributed by atoms with Gasteiger partial charge in [-0.1, -0.05) is 0 Å². The Morgan fingerprint density at radius 3 is 2.00 bits per heavy atom. The number of halogens is 2. The van der Waals surface area contributed by atoms with E-state index in [0.717, 1.165) is 25.3 Å². The van der Waals surface area contributed by atoms with E-state index in [1.54, 1.807) is 0 Å². The Labute approximate surface area is 111 Å². The van der Waals surface area contributed by atoms with Crippen LogP contribution in [0, 0.1) is 0 Å². The van der Waals surface area contributed by atoms with Crippen LogP contribution in [0.2, 0.25) is 0 Å². The van der Waals surface area contributed by atoms with Crippen molar-refractivity contribution >= 4 is 24.8 Å². The molecule has 0 amide bonds. The van der Waals surface area contributed by atoms with Gasteiger partial charge in [-0.05, 0) is 45.8 Å². The third-order valence-corrected chi connectivity index (χ3v) is 3.65. The van der Waals surface area contributed by atoms with Crippen molar-refractivity contribution in [2.75, 3.05) is 33.4 Å². The monoisotopic (exact) mass is 270 g/mol. The summed E-state index contributed by atoms with van der Waals surface area (Å²) in [5, 5.41) is 3.42. The minimum absolute atomic E-state index is 0. The summed E-state index contributed by atoms with van der Waals surface area (Å²) in [6.45, 7) is 4.30. The molecule has 2 aliphatic heterocycles. The highest BCUT2D eigenvalue weighted by molar-refractivity contribution is 5.85. The van der Waals surface area contributed by atoms with Crippen LogP contribution in [0.4, 0.5) is 0 Å². The first kappa shape index (κ1) is 16.5. The molecule has 3 nitrogen and oxygen atoms in total. The lowest BCUT2D eigenvalue weighted by atomic mass is 10.00. The molecule has 0 spiro atoms. The molecule has 0 aliphatic carbocycles. The Bertz CT molecular complexity index is 153. The summed E-state index contributed by atoms with van der Waals surface area (Å²) in [5.74, 6) is 0. The maximum atomic E-state index is 5.40. The van der Waals surface area contributed by atoms with Crippen molar-refractivity contribution in [3.63, 3.8) is 0 Å². The Balaban J connectivity index is 0.00000112. The molecule has 0 unspecified atom stereocenters. The molecule has 1 N–H and O–H groups in total. The topological polar surface area (TPSA) is 24.5 Å². The van der Waals surface area contributed by atoms with Gasteiger partial charge in [0.2, 0.25) is 0 Å². The number of nitrogens with zero attached hydrogens (tertiary/aromatic N) is 1. The highest BCUT2D eigenvalue weighted by Crippen LogP contribution is 2.19. The van der Waals surface area contributed by atoms with Gasteiger partial charge in [-0.2, -0.15) is 0 Å². The second kappa shape index (κ2) is 8.54. The van der Waals surface area contributed by atoms with Crippen molar-refractivity contribution < 1.29 is 4.74 Å². The molecule has 0 saturated carbocycles. The fourth-order valence-corrected chi connectivity index (χ4v) is 2.60. The second-order valence-electron chi connectivity index (χ2n) is 4.49. The van der Waals surface area contributed by atoms with Gasteiger partial charge in [0.15, 0.2) is 0 Å². The van der Waals surface area contributed by atoms with Gasteiger partial charge in [-0.15, -0.1) is 24.8 Å². The lowest BCUT2D eigenvalue weighted by Crippen LogP contribution is -2.47. The third kappa shape index (κ3) is 4.38. The molecule has 0 bridgehead atoms. The average molecular weight is 271 g/mol. The van der Waals surface area contributed by atoms with Crippen molar-refractivity contribution in [2.45, 2.75) is 37.8 Å². The van der Waals surface area contributed by atoms with E-state index in [1.807, 2.05) is 0 Å². The van der Waals surface area contributed by atoms with Crippen molar-refractivity contribution in [2.24, 2.45) is 0 Å². The minimum atomic E-state index is 0. The van der Waals surface area contributed by atoms with Crippen LogP contribution < -0.4 is 5.32 Å². The van der Waals surface area contributed by atoms with Crippen LogP contribution in [0.25, 0.3) is 0 Å². The van der Waals surface area contributed by atoms with Crippen LogP contribution in [0.5, 0.6) is 0 Å². The fraction of sp³-hybridized carbons (Fsp3) is 1.00. The van der Waals surface area contributed by atoms with Gasteiger partial charge in [0.05, 0.1) is 0 Å². The van der Waals surface area contributed by atoms with E-state index in [2.05, 4.69) is 17.3 Å². The molecule has 5 heteroatoms. The van der Waals surface area contributed by atoms with Crippen molar-refractivity contribution in [1.82, 2.24) is 10.2 Å². The van der Waals surface area contributed by atoms with E-state index in [4.69, 9.17) is 4.74 Å². The van der Waals surface area contributed by atoms with Crippen LogP contribution >= 0.6 is 24.8 Å². The molecule has 0 aromatic carbocycles. The molecular weight excluding hydrogens is 247 g/mol. The predicted molar refractivity (Wildman–Crippen MR) is 72.0 cm³/mol. The first-order chi connectivity index (χ1) is 6.88. The Kier molecular flexibility index (Phi) is 8.78. The van der Waals surface area contributed by atoms with Crippen LogP contribution in [0.1, 0.15) is 25.7 Å². The molecule has 16 heavy (non-hydrogen) atoms. The highest BCUT2D eigenvalue weighted by atomic mass is 35.5. The summed E-state index contributed by atoms with van der Waals surface area (Å²) < 4.78 is 5.40. The zero-order valence-electron chi connectivity index (χ0n) is 9.98. The predicted octanol–water partition coefficient (Wildman–Crippen LogP) is 1.69. The van der Waals surface area contributed by atoms with Gasteiger partial charge in [0.25, 0.3) is 0 Å². The summed E-state index contributed by atoms with van der Waals surface area (Å²) in [7, 11) is 2.30. The maximum Gasteiger partial charge on any atom is 0.0480 e. The summed E-state index contributed by atoms with van der Waals surface area (Å²) in [6.07, 6.45) is 5.07. The molecule has 2 aliphatic rings. The summed E-state index contributed by atoms with van der Waals surface area (Å²) in [6, 6.07) is 1.58. The standard InChI is InChI=1S/C11H22N2O.2ClH/c1-13(10-2-6-12-7-3-10)11-4-8-14-9-5-11;;/h10-12H,2-9H2,1H3;2*1H. The Morgan fingerprint density at radius 1 is 0.938 bits per heavy atom. The van der Waals surface area contributed by atoms with Gasteiger partial charge in [-0.3, -0.25) is 0 Å². The zero-order chi connectivity index (χ0) is 9.80. The van der Waals surface area contributed by atoms with E-state index in [1.165, 1.54) is 38.8 Å². The summed E-state index contributed by atoms with van der Waals surface area (Å²) in [5.41, 5.74) is 0. The Morgan fingerprint density at radius 2 is 1.44 bits per heavy atom. The van der Waals surface area contributed by atoms with Crippen LogP contribution in [-0.4, -0.2) is 50.3 Å². The molecule has 98 valence electrons. The minimum Gasteiger partial charge on any atom is -0.381 e. The zero-order valence-corrected chi connectivity index (χ0v) is 11.6. The molecule has 2 heterocycles. The SMILES string of the molecule is CN(C1CCNCC1)C1CCOCC1.Cl.Cl. The molecule has 0 atom stereocenters. The van der Waals surface area contributed by atoms with Crippen molar-refractivity contribution in [3.05, 3.63) is 0 Å². The van der Waals surface area contributed by atoms with E-state index < -0.39 is 0 Å². The van der Waals surface area contributed by atoms with Crippen molar-refractivity contribution in [3.8, 4) is 0 Å². The molecule has 2 rings (SSSR count). The highest BCUT2D eigenvalue weighted by Gasteiger charge is 2.25. The second-order valence-corrected chi connectivity index (χ2v) is 4.49. The smallest absolute Gasteiger partial charge is 0.0480 e. The number of piperidine rings is 1. The normalized spacial score (nSPS) is 23.6. The van der Waals surface area contributed by atoms with E-state index in [0.29, 0.717) is 0 Å². The van der Waals surface area contributed by atoms with Gasteiger partial charge < -0.3 is 15.0 Å².